The molecule has 1 N–H and O–H groups in total. The molecular weight excluding hydrogens is 258 g/mol. The molecule has 0 radical (unpaired) electrons. The fourth-order valence-electron chi connectivity index (χ4n) is 3.28. The average molecular weight is 284 g/mol. The van der Waals surface area contributed by atoms with Crippen LogP contribution in [-0.4, -0.2) is 22.9 Å². The van der Waals surface area contributed by atoms with Crippen LogP contribution in [0.25, 0.3) is 0 Å². The van der Waals surface area contributed by atoms with Crippen molar-refractivity contribution in [2.24, 2.45) is 13.0 Å². The second-order valence-electron chi connectivity index (χ2n) is 5.91. The van der Waals surface area contributed by atoms with Gasteiger partial charge in [0.1, 0.15) is 5.15 Å². The number of rotatable bonds is 5. The summed E-state index contributed by atoms with van der Waals surface area (Å²) in [5, 5.41) is 8.66. The Morgan fingerprint density at radius 3 is 2.58 bits per heavy atom. The summed E-state index contributed by atoms with van der Waals surface area (Å²) in [5.74, 6) is 0.891. The Kier molecular flexibility index (Phi) is 5.28. The first-order valence-electron chi connectivity index (χ1n) is 7.47. The van der Waals surface area contributed by atoms with E-state index in [1.54, 1.807) is 4.68 Å². The minimum atomic E-state index is 0.517. The lowest BCUT2D eigenvalue weighted by molar-refractivity contribution is 0.302. The number of hydrogen-bond acceptors (Lipinski definition) is 2. The van der Waals surface area contributed by atoms with Gasteiger partial charge in [0.25, 0.3) is 0 Å². The van der Waals surface area contributed by atoms with E-state index in [4.69, 9.17) is 11.6 Å². The maximum atomic E-state index is 6.33. The highest BCUT2D eigenvalue weighted by molar-refractivity contribution is 6.30. The molecule has 1 unspecified atom stereocenters. The summed E-state index contributed by atoms with van der Waals surface area (Å²) in [5.41, 5.74) is 2.27. The molecule has 1 aliphatic rings. The molecule has 4 heteroatoms. The van der Waals surface area contributed by atoms with Crippen LogP contribution in [0, 0.1) is 12.8 Å². The van der Waals surface area contributed by atoms with Crippen LogP contribution < -0.4 is 5.32 Å². The molecule has 1 aliphatic carbocycles. The van der Waals surface area contributed by atoms with Crippen molar-refractivity contribution in [2.75, 3.05) is 7.05 Å². The van der Waals surface area contributed by atoms with Crippen molar-refractivity contribution >= 4 is 11.6 Å². The van der Waals surface area contributed by atoms with Crippen LogP contribution in [0.5, 0.6) is 0 Å². The van der Waals surface area contributed by atoms with E-state index in [1.165, 1.54) is 44.1 Å². The van der Waals surface area contributed by atoms with Crippen LogP contribution in [-0.2, 0) is 13.5 Å². The minimum absolute atomic E-state index is 0.517. The Balaban J connectivity index is 1.98. The van der Waals surface area contributed by atoms with E-state index in [0.29, 0.717) is 6.04 Å². The van der Waals surface area contributed by atoms with Crippen LogP contribution in [0.4, 0.5) is 0 Å². The monoisotopic (exact) mass is 283 g/mol. The standard InChI is InChI=1S/C15H26ClN3/c1-11-14(15(16)19(3)18-11)10-13(17-2)9-12-7-5-4-6-8-12/h12-13,17H,4-10H2,1-3H3. The highest BCUT2D eigenvalue weighted by atomic mass is 35.5. The van der Waals surface area contributed by atoms with Crippen LogP contribution >= 0.6 is 11.6 Å². The second kappa shape index (κ2) is 6.76. The molecule has 0 saturated heterocycles. The lowest BCUT2D eigenvalue weighted by Gasteiger charge is -2.26. The number of nitrogens with zero attached hydrogens (tertiary/aromatic N) is 2. The van der Waals surface area contributed by atoms with Gasteiger partial charge in [-0.2, -0.15) is 5.10 Å². The molecule has 1 heterocycles. The number of aryl methyl sites for hydroxylation is 2. The fourth-order valence-corrected chi connectivity index (χ4v) is 3.53. The molecule has 1 aromatic heterocycles. The maximum absolute atomic E-state index is 6.33. The zero-order valence-corrected chi connectivity index (χ0v) is 13.1. The van der Waals surface area contributed by atoms with Crippen molar-refractivity contribution in [3.63, 3.8) is 0 Å². The molecule has 0 spiro atoms. The highest BCUT2D eigenvalue weighted by Crippen LogP contribution is 2.29. The van der Waals surface area contributed by atoms with Gasteiger partial charge in [-0.05, 0) is 32.7 Å². The Morgan fingerprint density at radius 1 is 1.37 bits per heavy atom. The fraction of sp³-hybridized carbons (Fsp3) is 0.800. The topological polar surface area (TPSA) is 29.9 Å². The van der Waals surface area contributed by atoms with Crippen molar-refractivity contribution in [1.29, 1.82) is 0 Å². The molecule has 0 aromatic carbocycles. The molecule has 3 nitrogen and oxygen atoms in total. The van der Waals surface area contributed by atoms with Crippen molar-refractivity contribution in [3.05, 3.63) is 16.4 Å². The van der Waals surface area contributed by atoms with Crippen molar-refractivity contribution < 1.29 is 0 Å². The molecule has 19 heavy (non-hydrogen) atoms. The van der Waals surface area contributed by atoms with E-state index in [1.807, 2.05) is 7.05 Å². The Morgan fingerprint density at radius 2 is 2.05 bits per heavy atom. The Bertz CT molecular complexity index is 408. The maximum Gasteiger partial charge on any atom is 0.130 e. The zero-order valence-electron chi connectivity index (χ0n) is 12.4. The third-order valence-electron chi connectivity index (χ3n) is 4.47. The predicted molar refractivity (Wildman–Crippen MR) is 80.7 cm³/mol. The van der Waals surface area contributed by atoms with Gasteiger partial charge >= 0.3 is 0 Å². The second-order valence-corrected chi connectivity index (χ2v) is 6.27. The summed E-state index contributed by atoms with van der Waals surface area (Å²) in [4.78, 5) is 0. The van der Waals surface area contributed by atoms with Crippen LogP contribution in [0.15, 0.2) is 0 Å². The third-order valence-corrected chi connectivity index (χ3v) is 4.94. The highest BCUT2D eigenvalue weighted by Gasteiger charge is 2.21. The molecule has 1 atom stereocenters. The first-order chi connectivity index (χ1) is 9.11. The first kappa shape index (κ1) is 14.9. The number of hydrogen-bond donors (Lipinski definition) is 1. The van der Waals surface area contributed by atoms with Crippen molar-refractivity contribution in [1.82, 2.24) is 15.1 Å². The lowest BCUT2D eigenvalue weighted by Crippen LogP contribution is -2.31. The van der Waals surface area contributed by atoms with Gasteiger partial charge in [0.2, 0.25) is 0 Å². The van der Waals surface area contributed by atoms with Crippen molar-refractivity contribution in [2.45, 2.75) is 57.9 Å². The summed E-state index contributed by atoms with van der Waals surface area (Å²) < 4.78 is 1.78. The molecule has 2 rings (SSSR count). The smallest absolute Gasteiger partial charge is 0.130 e. The SMILES string of the molecule is CNC(Cc1c(C)nn(C)c1Cl)CC1CCCCC1. The summed E-state index contributed by atoms with van der Waals surface area (Å²) in [7, 11) is 3.97. The molecule has 0 bridgehead atoms. The minimum Gasteiger partial charge on any atom is -0.317 e. The van der Waals surface area contributed by atoms with Gasteiger partial charge in [-0.1, -0.05) is 43.7 Å². The summed E-state index contributed by atoms with van der Waals surface area (Å²) in [6.45, 7) is 2.05. The molecule has 1 saturated carbocycles. The molecule has 0 aliphatic heterocycles. The van der Waals surface area contributed by atoms with E-state index < -0.39 is 0 Å². The van der Waals surface area contributed by atoms with E-state index in [2.05, 4.69) is 24.4 Å². The molecule has 0 amide bonds. The average Bonchev–Trinajstić information content (AvgIpc) is 2.65. The van der Waals surface area contributed by atoms with Crippen molar-refractivity contribution in [3.8, 4) is 0 Å². The third kappa shape index (κ3) is 3.73. The molecule has 108 valence electrons. The quantitative estimate of drug-likeness (QED) is 0.897. The van der Waals surface area contributed by atoms with E-state index in [-0.39, 0.29) is 0 Å². The normalized spacial score (nSPS) is 18.7. The van der Waals surface area contributed by atoms with Gasteiger partial charge in [0.15, 0.2) is 0 Å². The zero-order chi connectivity index (χ0) is 13.8. The predicted octanol–water partition coefficient (Wildman–Crippen LogP) is 3.48. The number of aromatic nitrogens is 2. The molecule has 1 fully saturated rings. The molecular formula is C15H26ClN3. The summed E-state index contributed by atoms with van der Waals surface area (Å²) in [6, 6.07) is 0.517. The van der Waals surface area contributed by atoms with Crippen LogP contribution in [0.3, 0.4) is 0 Å². The van der Waals surface area contributed by atoms with E-state index >= 15 is 0 Å². The lowest BCUT2D eigenvalue weighted by atomic mass is 9.83. The van der Waals surface area contributed by atoms with E-state index in [9.17, 15) is 0 Å². The number of likely N-dealkylation sites (N-methyl/N-ethyl adjacent to an activating group) is 1. The largest absolute Gasteiger partial charge is 0.317 e. The van der Waals surface area contributed by atoms with Gasteiger partial charge < -0.3 is 5.32 Å². The summed E-state index contributed by atoms with van der Waals surface area (Å²) in [6.07, 6.45) is 9.30. The van der Waals surface area contributed by atoms with Crippen LogP contribution in [0.2, 0.25) is 5.15 Å². The van der Waals surface area contributed by atoms with Crippen LogP contribution in [0.1, 0.15) is 49.8 Å². The van der Waals surface area contributed by atoms with Gasteiger partial charge in [-0.3, -0.25) is 4.68 Å². The number of halogens is 1. The van der Waals surface area contributed by atoms with Gasteiger partial charge in [-0.25, -0.2) is 0 Å². The number of nitrogens with one attached hydrogen (secondary N) is 1. The van der Waals surface area contributed by atoms with E-state index in [0.717, 1.165) is 23.2 Å². The first-order valence-corrected chi connectivity index (χ1v) is 7.84. The van der Waals surface area contributed by atoms with Gasteiger partial charge in [0.05, 0.1) is 5.69 Å². The van der Waals surface area contributed by atoms with Gasteiger partial charge in [0, 0.05) is 18.7 Å². The Labute approximate surface area is 121 Å². The summed E-state index contributed by atoms with van der Waals surface area (Å²) >= 11 is 6.33. The molecule has 1 aromatic rings. The van der Waals surface area contributed by atoms with Gasteiger partial charge in [-0.15, -0.1) is 0 Å². The Hall–Kier alpha value is -0.540.